The van der Waals surface area contributed by atoms with Crippen LogP contribution in [0.1, 0.15) is 45.2 Å². The molecule has 5 heteroatoms. The SMILES string of the molecule is CCC(CC)C(=O)NCc1ccnc(N2CCCC2)n1. The van der Waals surface area contributed by atoms with Gasteiger partial charge in [-0.2, -0.15) is 0 Å². The van der Waals surface area contributed by atoms with Gasteiger partial charge in [0, 0.05) is 25.2 Å². The van der Waals surface area contributed by atoms with Gasteiger partial charge in [0.15, 0.2) is 0 Å². The van der Waals surface area contributed by atoms with Gasteiger partial charge in [0.1, 0.15) is 0 Å². The van der Waals surface area contributed by atoms with E-state index in [-0.39, 0.29) is 11.8 Å². The highest BCUT2D eigenvalue weighted by Gasteiger charge is 2.16. The quantitative estimate of drug-likeness (QED) is 0.864. The van der Waals surface area contributed by atoms with Crippen molar-refractivity contribution >= 4 is 11.9 Å². The first-order valence-electron chi connectivity index (χ1n) is 7.59. The molecular formula is C15H24N4O. The largest absolute Gasteiger partial charge is 0.350 e. The first-order valence-corrected chi connectivity index (χ1v) is 7.59. The van der Waals surface area contributed by atoms with Crippen LogP contribution < -0.4 is 10.2 Å². The summed E-state index contributed by atoms with van der Waals surface area (Å²) in [4.78, 5) is 23.0. The standard InChI is InChI=1S/C15H24N4O/c1-3-12(4-2)14(20)17-11-13-7-8-16-15(18-13)19-9-5-6-10-19/h7-8,12H,3-6,9-11H2,1-2H3,(H,17,20). The summed E-state index contributed by atoms with van der Waals surface area (Å²) in [6.45, 7) is 6.64. The predicted octanol–water partition coefficient (Wildman–Crippen LogP) is 2.13. The fourth-order valence-electron chi connectivity index (χ4n) is 2.53. The van der Waals surface area contributed by atoms with E-state index in [9.17, 15) is 4.79 Å². The molecule has 0 bridgehead atoms. The molecule has 110 valence electrons. The summed E-state index contributed by atoms with van der Waals surface area (Å²) >= 11 is 0. The van der Waals surface area contributed by atoms with Crippen molar-refractivity contribution in [1.29, 1.82) is 0 Å². The summed E-state index contributed by atoms with van der Waals surface area (Å²) in [6.07, 6.45) is 5.95. The van der Waals surface area contributed by atoms with Crippen LogP contribution in [0.25, 0.3) is 0 Å². The predicted molar refractivity (Wildman–Crippen MR) is 79.4 cm³/mol. The van der Waals surface area contributed by atoms with Gasteiger partial charge in [0.05, 0.1) is 12.2 Å². The second kappa shape index (κ2) is 7.22. The molecule has 1 aliphatic rings. The summed E-state index contributed by atoms with van der Waals surface area (Å²) in [7, 11) is 0. The van der Waals surface area contributed by atoms with Crippen LogP contribution >= 0.6 is 0 Å². The smallest absolute Gasteiger partial charge is 0.225 e. The van der Waals surface area contributed by atoms with Gasteiger partial charge in [-0.1, -0.05) is 13.8 Å². The van der Waals surface area contributed by atoms with Crippen LogP contribution in [0.5, 0.6) is 0 Å². The number of nitrogens with zero attached hydrogens (tertiary/aromatic N) is 3. The van der Waals surface area contributed by atoms with Gasteiger partial charge in [-0.25, -0.2) is 9.97 Å². The number of carbonyl (C=O) groups excluding carboxylic acids is 1. The third-order valence-electron chi connectivity index (χ3n) is 3.89. The molecule has 0 spiro atoms. The number of hydrogen-bond acceptors (Lipinski definition) is 4. The van der Waals surface area contributed by atoms with Crippen molar-refractivity contribution in [2.45, 2.75) is 46.1 Å². The van der Waals surface area contributed by atoms with Gasteiger partial charge >= 0.3 is 0 Å². The third kappa shape index (κ3) is 3.68. The molecule has 20 heavy (non-hydrogen) atoms. The molecule has 0 atom stereocenters. The molecule has 1 aromatic rings. The Morgan fingerprint density at radius 2 is 2.05 bits per heavy atom. The van der Waals surface area contributed by atoms with Crippen LogP contribution in [0.3, 0.4) is 0 Å². The summed E-state index contributed by atoms with van der Waals surface area (Å²) in [5.41, 5.74) is 0.876. The number of anilines is 1. The number of carbonyl (C=O) groups is 1. The van der Waals surface area contributed by atoms with Gasteiger partial charge < -0.3 is 10.2 Å². The normalized spacial score (nSPS) is 14.8. The minimum atomic E-state index is 0.106. The highest BCUT2D eigenvalue weighted by Crippen LogP contribution is 2.15. The number of hydrogen-bond donors (Lipinski definition) is 1. The first kappa shape index (κ1) is 14.8. The van der Waals surface area contributed by atoms with Crippen LogP contribution in [0.4, 0.5) is 5.95 Å². The number of rotatable bonds is 6. The Morgan fingerprint density at radius 1 is 1.35 bits per heavy atom. The summed E-state index contributed by atoms with van der Waals surface area (Å²) < 4.78 is 0. The molecule has 1 fully saturated rings. The fourth-order valence-corrected chi connectivity index (χ4v) is 2.53. The summed E-state index contributed by atoms with van der Waals surface area (Å²) in [5.74, 6) is 1.02. The van der Waals surface area contributed by atoms with E-state index in [0.29, 0.717) is 6.54 Å². The van der Waals surface area contributed by atoms with Crippen LogP contribution in [-0.4, -0.2) is 29.0 Å². The molecule has 0 aliphatic carbocycles. The Hall–Kier alpha value is -1.65. The van der Waals surface area contributed by atoms with Crippen molar-refractivity contribution < 1.29 is 4.79 Å². The van der Waals surface area contributed by atoms with E-state index in [1.165, 1.54) is 12.8 Å². The van der Waals surface area contributed by atoms with Crippen molar-refractivity contribution in [3.8, 4) is 0 Å². The molecule has 0 saturated carbocycles. The van der Waals surface area contributed by atoms with Crippen molar-refractivity contribution in [3.63, 3.8) is 0 Å². The van der Waals surface area contributed by atoms with E-state index >= 15 is 0 Å². The molecule has 2 heterocycles. The molecule has 2 rings (SSSR count). The first-order chi connectivity index (χ1) is 9.74. The Kier molecular flexibility index (Phi) is 5.32. The molecule has 0 unspecified atom stereocenters. The van der Waals surface area contributed by atoms with Crippen molar-refractivity contribution in [1.82, 2.24) is 15.3 Å². The van der Waals surface area contributed by atoms with Crippen LogP contribution in [-0.2, 0) is 11.3 Å². The highest BCUT2D eigenvalue weighted by atomic mass is 16.1. The lowest BCUT2D eigenvalue weighted by molar-refractivity contribution is -0.125. The molecule has 0 aromatic carbocycles. The monoisotopic (exact) mass is 276 g/mol. The van der Waals surface area contributed by atoms with Crippen LogP contribution in [0.2, 0.25) is 0 Å². The van der Waals surface area contributed by atoms with Gasteiger partial charge in [-0.3, -0.25) is 4.79 Å². The second-order valence-corrected chi connectivity index (χ2v) is 5.27. The molecule has 0 radical (unpaired) electrons. The van der Waals surface area contributed by atoms with Gasteiger partial charge in [-0.15, -0.1) is 0 Å². The maximum absolute atomic E-state index is 12.0. The lowest BCUT2D eigenvalue weighted by Gasteiger charge is -2.16. The molecule has 5 nitrogen and oxygen atoms in total. The second-order valence-electron chi connectivity index (χ2n) is 5.27. The lowest BCUT2D eigenvalue weighted by Crippen LogP contribution is -2.30. The van der Waals surface area contributed by atoms with Crippen LogP contribution in [0.15, 0.2) is 12.3 Å². The topological polar surface area (TPSA) is 58.1 Å². The zero-order valence-electron chi connectivity index (χ0n) is 12.4. The molecule has 1 N–H and O–H groups in total. The molecule has 1 amide bonds. The van der Waals surface area contributed by atoms with Gasteiger partial charge in [-0.05, 0) is 31.7 Å². The maximum Gasteiger partial charge on any atom is 0.225 e. The molecule has 1 saturated heterocycles. The van der Waals surface area contributed by atoms with Crippen molar-refractivity contribution in [3.05, 3.63) is 18.0 Å². The number of nitrogens with one attached hydrogen (secondary N) is 1. The molecular weight excluding hydrogens is 252 g/mol. The van der Waals surface area contributed by atoms with E-state index in [2.05, 4.69) is 20.2 Å². The highest BCUT2D eigenvalue weighted by molar-refractivity contribution is 5.78. The minimum absolute atomic E-state index is 0.106. The third-order valence-corrected chi connectivity index (χ3v) is 3.89. The molecule has 1 aliphatic heterocycles. The van der Waals surface area contributed by atoms with E-state index in [0.717, 1.165) is 37.6 Å². The average Bonchev–Trinajstić information content (AvgIpc) is 3.01. The van der Waals surface area contributed by atoms with E-state index in [4.69, 9.17) is 0 Å². The average molecular weight is 276 g/mol. The molecule has 1 aromatic heterocycles. The summed E-state index contributed by atoms with van der Waals surface area (Å²) in [5, 5.41) is 2.97. The zero-order chi connectivity index (χ0) is 14.4. The van der Waals surface area contributed by atoms with Crippen LogP contribution in [0, 0.1) is 5.92 Å². The van der Waals surface area contributed by atoms with E-state index in [1.807, 2.05) is 19.9 Å². The Morgan fingerprint density at radius 3 is 2.70 bits per heavy atom. The Bertz CT molecular complexity index is 439. The van der Waals surface area contributed by atoms with Gasteiger partial charge in [0.2, 0.25) is 11.9 Å². The zero-order valence-corrected chi connectivity index (χ0v) is 12.4. The maximum atomic E-state index is 12.0. The Labute approximate surface area is 120 Å². The fraction of sp³-hybridized carbons (Fsp3) is 0.667. The Balaban J connectivity index is 1.92. The minimum Gasteiger partial charge on any atom is -0.350 e. The number of amides is 1. The van der Waals surface area contributed by atoms with E-state index in [1.54, 1.807) is 6.20 Å². The lowest BCUT2D eigenvalue weighted by atomic mass is 10.0. The van der Waals surface area contributed by atoms with Gasteiger partial charge in [0.25, 0.3) is 0 Å². The van der Waals surface area contributed by atoms with Crippen molar-refractivity contribution in [2.24, 2.45) is 5.92 Å². The summed E-state index contributed by atoms with van der Waals surface area (Å²) in [6, 6.07) is 1.87. The number of aromatic nitrogens is 2. The van der Waals surface area contributed by atoms with E-state index < -0.39 is 0 Å². The van der Waals surface area contributed by atoms with Crippen molar-refractivity contribution in [2.75, 3.05) is 18.0 Å².